The molecule has 1 aromatic carbocycles. The van der Waals surface area contributed by atoms with Crippen molar-refractivity contribution >= 4 is 51.9 Å². The Balaban J connectivity index is 0. The van der Waals surface area contributed by atoms with Crippen molar-refractivity contribution in [3.63, 3.8) is 0 Å². The topological polar surface area (TPSA) is 121 Å². The molecule has 1 fully saturated rings. The molecule has 258 valence electrons. The number of anilines is 2. The first-order chi connectivity index (χ1) is 22.1. The van der Waals surface area contributed by atoms with Crippen LogP contribution >= 0.6 is 27.5 Å². The number of carbonyl (C=O) groups is 1. The molecule has 0 saturated carbocycles. The third kappa shape index (κ3) is 19.3. The van der Waals surface area contributed by atoms with Crippen LogP contribution in [0.15, 0.2) is 63.9 Å². The van der Waals surface area contributed by atoms with E-state index >= 15 is 0 Å². The second kappa shape index (κ2) is 29.1. The largest absolute Gasteiger partial charge is 0.506 e. The number of amides is 1. The Labute approximate surface area is 288 Å². The van der Waals surface area contributed by atoms with Crippen molar-refractivity contribution in [2.75, 3.05) is 57.4 Å². The maximum Gasteiger partial charge on any atom is 0.245 e. The number of benzene rings is 1. The highest BCUT2D eigenvalue weighted by atomic mass is 79.9. The first-order valence-electron chi connectivity index (χ1n) is 15.0. The van der Waals surface area contributed by atoms with Crippen LogP contribution in [0.1, 0.15) is 59.9 Å². The quantitative estimate of drug-likeness (QED) is 0.0977. The molecular weight excluding hydrogens is 679 g/mol. The average molecular weight is 730 g/mol. The third-order valence-electron chi connectivity index (χ3n) is 5.57. The molecule has 2 aromatic rings. The van der Waals surface area contributed by atoms with Gasteiger partial charge in [0, 0.05) is 43.9 Å². The zero-order chi connectivity index (χ0) is 35.3. The van der Waals surface area contributed by atoms with Gasteiger partial charge in [0.25, 0.3) is 0 Å². The summed E-state index contributed by atoms with van der Waals surface area (Å²) in [5.74, 6) is -0.263. The van der Waals surface area contributed by atoms with Gasteiger partial charge in [-0.1, -0.05) is 79.5 Å². The van der Waals surface area contributed by atoms with Crippen LogP contribution in [0.4, 0.5) is 16.2 Å². The van der Waals surface area contributed by atoms with Gasteiger partial charge in [-0.15, -0.1) is 0 Å². The molecule has 10 nitrogen and oxygen atoms in total. The van der Waals surface area contributed by atoms with Gasteiger partial charge < -0.3 is 24.8 Å². The molecule has 1 aliphatic rings. The standard InChI is InChI=1S/C15H14BrClFN5O2.C11H18.C3H8O.C2H5NO.C2H6/c16-10-5-9(13(24)11(17)6-10)7-20-22-15-19-8-12(18)14(21-15)23-1-3-25-4-2-23;1-5-8-11(9-6-2)10(4)7-3;1-3-4-2;1-3-2-4;1-2/h5-8,24H,1-4H2,(H,19,21,22);5,7-8H,3,6,9H2,1-2,4H3;3H2,1-2H3;2H,1H3,(H,3,4);1-2H3/b20-7+;8-5-,11-10+;;;. The lowest BCUT2D eigenvalue weighted by atomic mass is 10.0. The van der Waals surface area contributed by atoms with E-state index in [1.165, 1.54) is 23.8 Å². The minimum atomic E-state index is -0.507. The highest BCUT2D eigenvalue weighted by molar-refractivity contribution is 9.10. The van der Waals surface area contributed by atoms with Crippen molar-refractivity contribution in [1.82, 2.24) is 15.3 Å². The molecule has 3 rings (SSSR count). The number of methoxy groups -OCH3 is 1. The highest BCUT2D eigenvalue weighted by Gasteiger charge is 2.17. The normalized spacial score (nSPS) is 12.5. The van der Waals surface area contributed by atoms with Gasteiger partial charge in [0.2, 0.25) is 12.4 Å². The van der Waals surface area contributed by atoms with Crippen LogP contribution in [0.5, 0.6) is 5.75 Å². The number of hydrogen-bond acceptors (Lipinski definition) is 9. The molecule has 46 heavy (non-hydrogen) atoms. The number of ether oxygens (including phenoxy) is 2. The van der Waals surface area contributed by atoms with E-state index in [1.54, 1.807) is 31.2 Å². The van der Waals surface area contributed by atoms with E-state index in [1.807, 2.05) is 33.8 Å². The number of aromatic hydroxyl groups is 1. The summed E-state index contributed by atoms with van der Waals surface area (Å²) in [4.78, 5) is 18.9. The van der Waals surface area contributed by atoms with Crippen molar-refractivity contribution in [1.29, 1.82) is 0 Å². The van der Waals surface area contributed by atoms with E-state index in [0.29, 0.717) is 42.7 Å². The molecule has 0 radical (unpaired) electrons. The van der Waals surface area contributed by atoms with Crippen molar-refractivity contribution in [2.45, 2.75) is 54.4 Å². The molecule has 1 aliphatic heterocycles. The fourth-order valence-corrected chi connectivity index (χ4v) is 4.10. The van der Waals surface area contributed by atoms with Gasteiger partial charge >= 0.3 is 0 Å². The van der Waals surface area contributed by atoms with Gasteiger partial charge in [-0.3, -0.25) is 4.79 Å². The maximum absolute atomic E-state index is 14.0. The van der Waals surface area contributed by atoms with E-state index < -0.39 is 5.82 Å². The zero-order valence-corrected chi connectivity index (χ0v) is 30.7. The Morgan fingerprint density at radius 3 is 2.41 bits per heavy atom. The van der Waals surface area contributed by atoms with Crippen LogP contribution in [0, 0.1) is 5.82 Å². The van der Waals surface area contributed by atoms with Crippen molar-refractivity contribution in [2.24, 2.45) is 5.10 Å². The lowest BCUT2D eigenvalue weighted by molar-refractivity contribution is -0.109. The van der Waals surface area contributed by atoms with Gasteiger partial charge in [0.1, 0.15) is 5.75 Å². The molecule has 0 atom stereocenters. The number of carbonyl (C=O) groups excluding carboxylic acids is 1. The number of halogens is 3. The fraction of sp³-hybridized carbons (Fsp3) is 0.455. The van der Waals surface area contributed by atoms with Gasteiger partial charge in [-0.05, 0) is 50.5 Å². The summed E-state index contributed by atoms with van der Waals surface area (Å²) < 4.78 is 24.4. The minimum Gasteiger partial charge on any atom is -0.506 e. The van der Waals surface area contributed by atoms with Crippen LogP contribution in [-0.4, -0.2) is 74.8 Å². The molecule has 1 saturated heterocycles. The van der Waals surface area contributed by atoms with E-state index in [4.69, 9.17) is 21.1 Å². The highest BCUT2D eigenvalue weighted by Crippen LogP contribution is 2.30. The summed E-state index contributed by atoms with van der Waals surface area (Å²) in [6, 6.07) is 3.22. The van der Waals surface area contributed by atoms with E-state index in [0.717, 1.165) is 19.2 Å². The second-order valence-corrected chi connectivity index (χ2v) is 10.1. The molecule has 0 spiro atoms. The minimum absolute atomic E-state index is 0.0931. The molecule has 0 unspecified atom stereocenters. The van der Waals surface area contributed by atoms with Crippen LogP contribution in [-0.2, 0) is 14.3 Å². The average Bonchev–Trinajstić information content (AvgIpc) is 3.09. The monoisotopic (exact) mass is 728 g/mol. The van der Waals surface area contributed by atoms with Crippen LogP contribution in [0.2, 0.25) is 5.02 Å². The molecule has 1 aromatic heterocycles. The Kier molecular flexibility index (Phi) is 28.3. The van der Waals surface area contributed by atoms with Gasteiger partial charge in [-0.2, -0.15) is 10.1 Å². The van der Waals surface area contributed by atoms with Crippen LogP contribution in [0.25, 0.3) is 0 Å². The number of phenolic OH excluding ortho intramolecular Hbond substituents is 1. The number of morpholine rings is 1. The second-order valence-electron chi connectivity index (χ2n) is 8.81. The number of phenols is 1. The van der Waals surface area contributed by atoms with E-state index in [9.17, 15) is 9.50 Å². The lowest BCUT2D eigenvalue weighted by Gasteiger charge is -2.27. The number of allylic oxidation sites excluding steroid dienone is 5. The zero-order valence-electron chi connectivity index (χ0n) is 28.4. The smallest absolute Gasteiger partial charge is 0.245 e. The summed E-state index contributed by atoms with van der Waals surface area (Å²) in [6.45, 7) is 19.0. The predicted molar refractivity (Wildman–Crippen MR) is 194 cm³/mol. The summed E-state index contributed by atoms with van der Waals surface area (Å²) in [5, 5.41) is 16.3. The first kappa shape index (κ1) is 44.8. The predicted octanol–water partition coefficient (Wildman–Crippen LogP) is 7.93. The van der Waals surface area contributed by atoms with Gasteiger partial charge in [-0.25, -0.2) is 14.8 Å². The number of nitrogens with zero attached hydrogens (tertiary/aromatic N) is 4. The number of nitrogens with one attached hydrogen (secondary N) is 2. The number of rotatable bonds is 10. The fourth-order valence-electron chi connectivity index (χ4n) is 3.27. The Morgan fingerprint density at radius 2 is 1.91 bits per heavy atom. The van der Waals surface area contributed by atoms with Crippen molar-refractivity contribution < 1.29 is 23.8 Å². The first-order valence-corrected chi connectivity index (χ1v) is 16.2. The molecule has 0 bridgehead atoms. The number of hydrazone groups is 1. The molecule has 1 amide bonds. The molecule has 2 heterocycles. The summed E-state index contributed by atoms with van der Waals surface area (Å²) in [5.41, 5.74) is 5.73. The summed E-state index contributed by atoms with van der Waals surface area (Å²) >= 11 is 9.18. The van der Waals surface area contributed by atoms with Crippen molar-refractivity contribution in [3.8, 4) is 5.75 Å². The van der Waals surface area contributed by atoms with Crippen molar-refractivity contribution in [3.05, 3.63) is 75.2 Å². The van der Waals surface area contributed by atoms with Crippen LogP contribution < -0.4 is 15.6 Å². The lowest BCUT2D eigenvalue weighted by Crippen LogP contribution is -2.37. The summed E-state index contributed by atoms with van der Waals surface area (Å²) in [6.07, 6.45) is 11.6. The van der Waals surface area contributed by atoms with E-state index in [2.05, 4.69) is 79.1 Å². The Bertz CT molecular complexity index is 1220. The summed E-state index contributed by atoms with van der Waals surface area (Å²) in [7, 11) is 3.24. The molecule has 0 aliphatic carbocycles. The molecular formula is C33H51BrClFN6O4. The number of aromatic nitrogens is 2. The SMILES string of the molecule is C=C/C(C)=C(\C=C/C)CCC.CC.CCOC.CNC=O.Oc1c(Cl)cc(Br)cc1/C=N/Nc1ncc(F)c(N2CCOCC2)n1. The Hall–Kier alpha value is -3.32. The maximum atomic E-state index is 14.0. The Morgan fingerprint density at radius 1 is 1.30 bits per heavy atom. The molecule has 13 heteroatoms. The molecule has 3 N–H and O–H groups in total. The van der Waals surface area contributed by atoms with Crippen LogP contribution in [0.3, 0.4) is 0 Å². The third-order valence-corrected chi connectivity index (χ3v) is 6.31. The van der Waals surface area contributed by atoms with Gasteiger partial charge in [0.15, 0.2) is 11.6 Å². The number of hydrogen-bond donors (Lipinski definition) is 3. The van der Waals surface area contributed by atoms with Gasteiger partial charge in [0.05, 0.1) is 30.6 Å². The van der Waals surface area contributed by atoms with E-state index in [-0.39, 0.29) is 22.5 Å².